The fourth-order valence-electron chi connectivity index (χ4n) is 0.889. The maximum absolute atomic E-state index is 10.8. The molecule has 0 saturated carbocycles. The lowest BCUT2D eigenvalue weighted by atomic mass is 10.1. The van der Waals surface area contributed by atoms with Crippen LogP contribution in [0.2, 0.25) is 0 Å². The highest BCUT2D eigenvalue weighted by molar-refractivity contribution is 6.01. The molecule has 0 aromatic rings. The van der Waals surface area contributed by atoms with E-state index < -0.39 is 0 Å². The second-order valence-corrected chi connectivity index (χ2v) is 4.21. The van der Waals surface area contributed by atoms with Crippen LogP contribution in [0.3, 0.4) is 0 Å². The maximum Gasteiger partial charge on any atom is 0.178 e. The van der Waals surface area contributed by atoms with Crippen LogP contribution in [0.4, 0.5) is 0 Å². The molecule has 0 bridgehead atoms. The number of hydrogen-bond donors (Lipinski definition) is 1. The smallest absolute Gasteiger partial charge is 0.178 e. The van der Waals surface area contributed by atoms with Gasteiger partial charge in [-0.2, -0.15) is 0 Å². The van der Waals surface area contributed by atoms with Crippen LogP contribution in [0.15, 0.2) is 36.1 Å². The molecule has 0 aromatic heterocycles. The van der Waals surface area contributed by atoms with Crippen molar-refractivity contribution in [2.24, 2.45) is 0 Å². The Balaban J connectivity index is 2.76. The second kappa shape index (κ2) is 3.80. The van der Waals surface area contributed by atoms with Crippen LogP contribution < -0.4 is 0 Å². The van der Waals surface area contributed by atoms with Crippen molar-refractivity contribution in [2.75, 3.05) is 0 Å². The van der Waals surface area contributed by atoms with Crippen LogP contribution >= 0.6 is 0 Å². The highest BCUT2D eigenvalue weighted by Crippen LogP contribution is 2.14. The monoisotopic (exact) mass is 193 g/mol. The minimum atomic E-state index is -0.337. The van der Waals surface area contributed by atoms with Gasteiger partial charge in [-0.3, -0.25) is 15.1 Å². The number of hydroxylamine groups is 2. The molecule has 0 fully saturated rings. The van der Waals surface area contributed by atoms with Gasteiger partial charge in [0.2, 0.25) is 0 Å². The standard InChI is InChI=1S/C11H15NO2/c1-11(2,3)12(14)8-9-4-6-10(13)7-5-9/h4-8,14H,1-3H3. The molecule has 0 aromatic carbocycles. The Bertz CT molecular complexity index is 301. The largest absolute Gasteiger partial charge is 0.290 e. The van der Waals surface area contributed by atoms with E-state index in [9.17, 15) is 10.0 Å². The van der Waals surface area contributed by atoms with Gasteiger partial charge in [-0.1, -0.05) is 0 Å². The average Bonchev–Trinajstić information content (AvgIpc) is 2.07. The van der Waals surface area contributed by atoms with Crippen molar-refractivity contribution >= 4 is 5.78 Å². The number of ketones is 1. The minimum absolute atomic E-state index is 0.0256. The molecule has 0 heterocycles. The molecule has 0 spiro atoms. The van der Waals surface area contributed by atoms with Crippen LogP contribution in [0, 0.1) is 0 Å². The van der Waals surface area contributed by atoms with Crippen molar-refractivity contribution in [3.8, 4) is 0 Å². The normalized spacial score (nSPS) is 16.0. The van der Waals surface area contributed by atoms with E-state index in [0.717, 1.165) is 10.6 Å². The Morgan fingerprint density at radius 2 is 1.71 bits per heavy atom. The second-order valence-electron chi connectivity index (χ2n) is 4.21. The van der Waals surface area contributed by atoms with Gasteiger partial charge in [0, 0.05) is 6.20 Å². The first-order chi connectivity index (χ1) is 6.39. The minimum Gasteiger partial charge on any atom is -0.290 e. The lowest BCUT2D eigenvalue weighted by molar-refractivity contribution is -0.111. The molecule has 0 radical (unpaired) electrons. The predicted molar refractivity (Wildman–Crippen MR) is 54.7 cm³/mol. The van der Waals surface area contributed by atoms with Crippen molar-refractivity contribution in [1.82, 2.24) is 5.06 Å². The zero-order valence-corrected chi connectivity index (χ0v) is 8.69. The zero-order valence-electron chi connectivity index (χ0n) is 8.69. The van der Waals surface area contributed by atoms with Crippen LogP contribution in [0.25, 0.3) is 0 Å². The molecule has 0 atom stereocenters. The van der Waals surface area contributed by atoms with E-state index in [2.05, 4.69) is 0 Å². The number of hydrogen-bond acceptors (Lipinski definition) is 3. The molecule has 76 valence electrons. The molecular formula is C11H15NO2. The Labute approximate surface area is 84.0 Å². The summed E-state index contributed by atoms with van der Waals surface area (Å²) in [5.74, 6) is -0.0256. The summed E-state index contributed by atoms with van der Waals surface area (Å²) in [7, 11) is 0. The third-order valence-corrected chi connectivity index (χ3v) is 1.84. The molecule has 1 aliphatic rings. The molecule has 1 rings (SSSR count). The van der Waals surface area contributed by atoms with Gasteiger partial charge in [-0.05, 0) is 50.6 Å². The lowest BCUT2D eigenvalue weighted by Gasteiger charge is -2.28. The highest BCUT2D eigenvalue weighted by Gasteiger charge is 2.16. The summed E-state index contributed by atoms with van der Waals surface area (Å²) in [6, 6.07) is 0. The third kappa shape index (κ3) is 2.85. The molecule has 14 heavy (non-hydrogen) atoms. The quantitative estimate of drug-likeness (QED) is 0.648. The summed E-state index contributed by atoms with van der Waals surface area (Å²) >= 11 is 0. The molecular weight excluding hydrogens is 178 g/mol. The average molecular weight is 193 g/mol. The summed E-state index contributed by atoms with van der Waals surface area (Å²) in [5.41, 5.74) is 0.470. The predicted octanol–water partition coefficient (Wildman–Crippen LogP) is 2.06. The van der Waals surface area contributed by atoms with Crippen molar-refractivity contribution in [3.63, 3.8) is 0 Å². The molecule has 0 unspecified atom stereocenters. The van der Waals surface area contributed by atoms with Crippen LogP contribution in [0.5, 0.6) is 0 Å². The maximum atomic E-state index is 10.8. The van der Waals surface area contributed by atoms with Gasteiger partial charge in [-0.15, -0.1) is 0 Å². The summed E-state index contributed by atoms with van der Waals surface area (Å²) in [5, 5.41) is 10.7. The zero-order chi connectivity index (χ0) is 10.8. The van der Waals surface area contributed by atoms with Crippen molar-refractivity contribution in [3.05, 3.63) is 36.1 Å². The van der Waals surface area contributed by atoms with E-state index in [4.69, 9.17) is 0 Å². The number of rotatable bonds is 1. The first-order valence-electron chi connectivity index (χ1n) is 4.50. The van der Waals surface area contributed by atoms with Crippen molar-refractivity contribution in [2.45, 2.75) is 26.3 Å². The molecule has 0 aliphatic heterocycles. The molecule has 0 saturated heterocycles. The molecule has 1 aliphatic carbocycles. The van der Waals surface area contributed by atoms with E-state index in [1.807, 2.05) is 20.8 Å². The first-order valence-corrected chi connectivity index (χ1v) is 4.50. The molecule has 3 heteroatoms. The van der Waals surface area contributed by atoms with Gasteiger partial charge >= 0.3 is 0 Å². The fraction of sp³-hybridized carbons (Fsp3) is 0.364. The van der Waals surface area contributed by atoms with Gasteiger partial charge in [-0.25, -0.2) is 0 Å². The van der Waals surface area contributed by atoms with E-state index in [0.29, 0.717) is 0 Å². The van der Waals surface area contributed by atoms with Gasteiger partial charge in [0.25, 0.3) is 0 Å². The van der Waals surface area contributed by atoms with Gasteiger partial charge in [0.05, 0.1) is 5.54 Å². The summed E-state index contributed by atoms with van der Waals surface area (Å²) in [6.45, 7) is 5.68. The molecule has 0 amide bonds. The molecule has 3 nitrogen and oxygen atoms in total. The Morgan fingerprint density at radius 1 is 1.21 bits per heavy atom. The van der Waals surface area contributed by atoms with Gasteiger partial charge in [0.15, 0.2) is 5.78 Å². The van der Waals surface area contributed by atoms with Crippen LogP contribution in [0.1, 0.15) is 20.8 Å². The van der Waals surface area contributed by atoms with Crippen molar-refractivity contribution < 1.29 is 10.0 Å². The summed E-state index contributed by atoms with van der Waals surface area (Å²) in [4.78, 5) is 10.8. The molecule has 1 N–H and O–H groups in total. The first kappa shape index (κ1) is 10.7. The Kier molecular flexibility index (Phi) is 2.91. The third-order valence-electron chi connectivity index (χ3n) is 1.84. The van der Waals surface area contributed by atoms with E-state index in [-0.39, 0.29) is 11.3 Å². The Morgan fingerprint density at radius 3 is 2.14 bits per heavy atom. The highest BCUT2D eigenvalue weighted by atomic mass is 16.5. The van der Waals surface area contributed by atoms with E-state index in [1.165, 1.54) is 12.2 Å². The van der Waals surface area contributed by atoms with Gasteiger partial charge < -0.3 is 0 Å². The van der Waals surface area contributed by atoms with Gasteiger partial charge in [0.1, 0.15) is 0 Å². The number of carbonyl (C=O) groups is 1. The summed E-state index contributed by atoms with van der Waals surface area (Å²) in [6.07, 6.45) is 7.90. The topological polar surface area (TPSA) is 40.5 Å². The van der Waals surface area contributed by atoms with Crippen LogP contribution in [-0.2, 0) is 4.79 Å². The fourth-order valence-corrected chi connectivity index (χ4v) is 0.889. The van der Waals surface area contributed by atoms with Crippen molar-refractivity contribution in [1.29, 1.82) is 0 Å². The van der Waals surface area contributed by atoms with E-state index in [1.54, 1.807) is 18.4 Å². The number of carbonyl (C=O) groups excluding carboxylic acids is 1. The summed E-state index contributed by atoms with van der Waals surface area (Å²) < 4.78 is 0. The lowest BCUT2D eigenvalue weighted by Crippen LogP contribution is -2.34. The Hall–Kier alpha value is -1.35. The SMILES string of the molecule is CC(C)(C)N(O)C=C1C=CC(=O)C=C1. The number of allylic oxidation sites excluding steroid dienone is 5. The number of nitrogens with zero attached hydrogens (tertiary/aromatic N) is 1. The van der Waals surface area contributed by atoms with E-state index >= 15 is 0 Å². The van der Waals surface area contributed by atoms with Crippen LogP contribution in [-0.4, -0.2) is 21.6 Å².